The van der Waals surface area contributed by atoms with Crippen molar-refractivity contribution < 1.29 is 23.1 Å². The Morgan fingerprint density at radius 2 is 1.97 bits per heavy atom. The highest BCUT2D eigenvalue weighted by molar-refractivity contribution is 7.89. The van der Waals surface area contributed by atoms with Crippen molar-refractivity contribution in [3.05, 3.63) is 65.7 Å². The molecule has 178 valence electrons. The fraction of sp³-hybridized carbons (Fsp3) is 0.400. The maximum atomic E-state index is 13.5. The lowest BCUT2D eigenvalue weighted by Gasteiger charge is -2.37. The van der Waals surface area contributed by atoms with Crippen LogP contribution < -0.4 is 4.74 Å². The number of hydrogen-bond acceptors (Lipinski definition) is 5. The number of aliphatic hydroxyl groups excluding tert-OH is 1. The van der Waals surface area contributed by atoms with Gasteiger partial charge < -0.3 is 14.7 Å². The van der Waals surface area contributed by atoms with Crippen LogP contribution in [-0.2, 0) is 10.0 Å². The molecule has 8 heteroatoms. The van der Waals surface area contributed by atoms with Gasteiger partial charge in [0.05, 0.1) is 13.2 Å². The summed E-state index contributed by atoms with van der Waals surface area (Å²) in [6.45, 7) is 5.62. The molecule has 0 aromatic heterocycles. The molecule has 3 rings (SSSR count). The van der Waals surface area contributed by atoms with Crippen molar-refractivity contribution in [2.45, 2.75) is 37.8 Å². The first kappa shape index (κ1) is 25.0. The molecule has 0 spiro atoms. The van der Waals surface area contributed by atoms with Gasteiger partial charge in [0.2, 0.25) is 10.0 Å². The lowest BCUT2D eigenvalue weighted by Crippen LogP contribution is -2.50. The van der Waals surface area contributed by atoms with Gasteiger partial charge in [-0.15, -0.1) is 0 Å². The smallest absolute Gasteiger partial charge is 0.253 e. The number of amides is 1. The molecule has 2 aromatic carbocycles. The number of allylic oxidation sites excluding steroid dienone is 1. The van der Waals surface area contributed by atoms with Gasteiger partial charge in [-0.2, -0.15) is 4.31 Å². The molecular formula is C25H32N2O5S. The minimum atomic E-state index is -3.89. The molecule has 0 saturated carbocycles. The van der Waals surface area contributed by atoms with Crippen LogP contribution in [0.5, 0.6) is 5.75 Å². The van der Waals surface area contributed by atoms with E-state index < -0.39 is 22.2 Å². The molecule has 0 aliphatic carbocycles. The molecule has 3 atom stereocenters. The van der Waals surface area contributed by atoms with Gasteiger partial charge >= 0.3 is 0 Å². The predicted molar refractivity (Wildman–Crippen MR) is 129 cm³/mol. The standard InChI is InChI=1S/C25H32N2O5S/c1-5-9-20-12-13-24-22(14-20)32-23(16-26(4)25(29)21-10-7-6-8-11-21)18(2)15-27(19(3)17-28)33(24,30)31/h5-14,18-19,23,28H,15-17H2,1-4H3/t18-,19-,23+/m1/s1. The Morgan fingerprint density at radius 3 is 2.61 bits per heavy atom. The maximum absolute atomic E-state index is 13.5. The average molecular weight is 473 g/mol. The Morgan fingerprint density at radius 1 is 1.27 bits per heavy atom. The number of ether oxygens (including phenoxy) is 1. The van der Waals surface area contributed by atoms with E-state index in [1.165, 1.54) is 4.31 Å². The normalized spacial score (nSPS) is 21.5. The summed E-state index contributed by atoms with van der Waals surface area (Å²) >= 11 is 0. The molecule has 0 unspecified atom stereocenters. The molecule has 0 saturated heterocycles. The minimum absolute atomic E-state index is 0.0602. The molecule has 0 bridgehead atoms. The predicted octanol–water partition coefficient (Wildman–Crippen LogP) is 3.26. The van der Waals surface area contributed by atoms with Crippen LogP contribution in [0.25, 0.3) is 6.08 Å². The number of hydrogen-bond donors (Lipinski definition) is 1. The van der Waals surface area contributed by atoms with E-state index >= 15 is 0 Å². The third-order valence-corrected chi connectivity index (χ3v) is 7.89. The minimum Gasteiger partial charge on any atom is -0.487 e. The van der Waals surface area contributed by atoms with Crippen molar-refractivity contribution in [2.24, 2.45) is 5.92 Å². The Kier molecular flexibility index (Phi) is 7.94. The second-order valence-electron chi connectivity index (χ2n) is 8.50. The van der Waals surface area contributed by atoms with Crippen LogP contribution in [0.3, 0.4) is 0 Å². The quantitative estimate of drug-likeness (QED) is 0.697. The largest absolute Gasteiger partial charge is 0.487 e. The maximum Gasteiger partial charge on any atom is 0.253 e. The monoisotopic (exact) mass is 472 g/mol. The molecule has 2 aromatic rings. The Labute approximate surface area is 196 Å². The van der Waals surface area contributed by atoms with Gasteiger partial charge in [-0.05, 0) is 43.7 Å². The fourth-order valence-corrected chi connectivity index (χ4v) is 5.74. The molecule has 0 radical (unpaired) electrons. The van der Waals surface area contributed by atoms with Crippen molar-refractivity contribution in [3.63, 3.8) is 0 Å². The van der Waals surface area contributed by atoms with E-state index in [9.17, 15) is 18.3 Å². The molecule has 1 aliphatic heterocycles. The summed E-state index contributed by atoms with van der Waals surface area (Å²) in [5.41, 5.74) is 1.39. The highest BCUT2D eigenvalue weighted by Gasteiger charge is 2.38. The first-order valence-corrected chi connectivity index (χ1v) is 12.5. The van der Waals surface area contributed by atoms with Crippen molar-refractivity contribution >= 4 is 22.0 Å². The summed E-state index contributed by atoms with van der Waals surface area (Å²) < 4.78 is 34.6. The molecular weight excluding hydrogens is 440 g/mol. The topological polar surface area (TPSA) is 87.2 Å². The Hall–Kier alpha value is -2.68. The first-order valence-electron chi connectivity index (χ1n) is 11.1. The molecule has 33 heavy (non-hydrogen) atoms. The van der Waals surface area contributed by atoms with Gasteiger partial charge in [0.1, 0.15) is 16.7 Å². The Bertz CT molecular complexity index is 1100. The van der Waals surface area contributed by atoms with Gasteiger partial charge in [-0.3, -0.25) is 4.79 Å². The van der Waals surface area contributed by atoms with Gasteiger partial charge in [0.25, 0.3) is 5.91 Å². The summed E-state index contributed by atoms with van der Waals surface area (Å²) in [6.07, 6.45) is 3.28. The van der Waals surface area contributed by atoms with Gasteiger partial charge in [-0.1, -0.05) is 43.3 Å². The van der Waals surface area contributed by atoms with Crippen LogP contribution in [0.1, 0.15) is 36.7 Å². The third kappa shape index (κ3) is 5.46. The summed E-state index contributed by atoms with van der Waals surface area (Å²) in [5, 5.41) is 9.74. The van der Waals surface area contributed by atoms with E-state index in [4.69, 9.17) is 4.74 Å². The number of aliphatic hydroxyl groups is 1. The summed E-state index contributed by atoms with van der Waals surface area (Å²) in [6, 6.07) is 13.4. The lowest BCUT2D eigenvalue weighted by atomic mass is 10.0. The number of sulfonamides is 1. The van der Waals surface area contributed by atoms with Crippen LogP contribution in [0.15, 0.2) is 59.5 Å². The zero-order valence-corrected chi connectivity index (χ0v) is 20.3. The van der Waals surface area contributed by atoms with Crippen LogP contribution in [0, 0.1) is 5.92 Å². The molecule has 1 heterocycles. The van der Waals surface area contributed by atoms with Crippen molar-refractivity contribution in [1.82, 2.24) is 9.21 Å². The SMILES string of the molecule is CC=Cc1ccc2c(c1)O[C@@H](CN(C)C(=O)c1ccccc1)[C@H](C)CN([C@H](C)CO)S2(=O)=O. The van der Waals surface area contributed by atoms with E-state index in [1.54, 1.807) is 49.2 Å². The van der Waals surface area contributed by atoms with Crippen LogP contribution in [-0.4, -0.2) is 67.5 Å². The second kappa shape index (κ2) is 10.5. The summed E-state index contributed by atoms with van der Waals surface area (Å²) in [7, 11) is -2.17. The van der Waals surface area contributed by atoms with Crippen LogP contribution in [0.4, 0.5) is 0 Å². The van der Waals surface area contributed by atoms with E-state index in [2.05, 4.69) is 0 Å². The summed E-state index contributed by atoms with van der Waals surface area (Å²) in [4.78, 5) is 14.6. The lowest BCUT2D eigenvalue weighted by molar-refractivity contribution is 0.0563. The van der Waals surface area contributed by atoms with Crippen molar-refractivity contribution in [3.8, 4) is 5.75 Å². The summed E-state index contributed by atoms with van der Waals surface area (Å²) in [5.74, 6) is -0.124. The number of nitrogens with zero attached hydrogens (tertiary/aromatic N) is 2. The van der Waals surface area contributed by atoms with Crippen molar-refractivity contribution in [1.29, 1.82) is 0 Å². The number of carbonyl (C=O) groups is 1. The van der Waals surface area contributed by atoms with Crippen LogP contribution >= 0.6 is 0 Å². The van der Waals surface area contributed by atoms with Gasteiger partial charge in [0.15, 0.2) is 0 Å². The zero-order valence-electron chi connectivity index (χ0n) is 19.5. The first-order chi connectivity index (χ1) is 15.7. The zero-order chi connectivity index (χ0) is 24.2. The van der Waals surface area contributed by atoms with E-state index in [0.29, 0.717) is 5.56 Å². The number of carbonyl (C=O) groups excluding carboxylic acids is 1. The van der Waals surface area contributed by atoms with Gasteiger partial charge in [-0.25, -0.2) is 8.42 Å². The third-order valence-electron chi connectivity index (χ3n) is 5.87. The van der Waals surface area contributed by atoms with Crippen LogP contribution in [0.2, 0.25) is 0 Å². The van der Waals surface area contributed by atoms with E-state index in [-0.39, 0.29) is 42.2 Å². The number of likely N-dealkylation sites (N-methyl/N-ethyl adjacent to an activating group) is 1. The molecule has 7 nitrogen and oxygen atoms in total. The fourth-order valence-electron chi connectivity index (χ4n) is 3.91. The number of benzene rings is 2. The highest BCUT2D eigenvalue weighted by Crippen LogP contribution is 2.34. The van der Waals surface area contributed by atoms with Crippen molar-refractivity contribution in [2.75, 3.05) is 26.7 Å². The van der Waals surface area contributed by atoms with E-state index in [0.717, 1.165) is 5.56 Å². The highest BCUT2D eigenvalue weighted by atomic mass is 32.2. The molecule has 1 aliphatic rings. The molecule has 1 N–H and O–H groups in total. The number of fused-ring (bicyclic) bond motifs is 1. The average Bonchev–Trinajstić information content (AvgIpc) is 2.81. The van der Waals surface area contributed by atoms with Gasteiger partial charge in [0, 0.05) is 31.1 Å². The Balaban J connectivity index is 2.01. The van der Waals surface area contributed by atoms with E-state index in [1.807, 2.05) is 44.2 Å². The molecule has 0 fully saturated rings. The molecule has 1 amide bonds. The number of rotatable bonds is 6. The second-order valence-corrected chi connectivity index (χ2v) is 10.4.